The molecule has 2 heteroatoms. The molecule has 1 saturated carbocycles. The summed E-state index contributed by atoms with van der Waals surface area (Å²) in [4.78, 5) is 10.5. The van der Waals surface area contributed by atoms with Gasteiger partial charge < -0.3 is 10.5 Å². The molecule has 1 rings (SSSR count). The first-order chi connectivity index (χ1) is 5.05. The van der Waals surface area contributed by atoms with Gasteiger partial charge >= 0.3 is 0 Å². The number of nitrogens with two attached hydrogens (primary N) is 1. The summed E-state index contributed by atoms with van der Waals surface area (Å²) < 4.78 is 0. The second-order valence-corrected chi connectivity index (χ2v) is 4.37. The van der Waals surface area contributed by atoms with Crippen molar-refractivity contribution in [2.24, 2.45) is 17.1 Å². The first kappa shape index (κ1) is 8.72. The fourth-order valence-electron chi connectivity index (χ4n) is 1.83. The van der Waals surface area contributed by atoms with Crippen molar-refractivity contribution in [3.8, 4) is 0 Å². The molecule has 2 unspecified atom stereocenters. The van der Waals surface area contributed by atoms with E-state index in [0.29, 0.717) is 5.41 Å². The van der Waals surface area contributed by atoms with Crippen LogP contribution in [0.1, 0.15) is 33.1 Å². The van der Waals surface area contributed by atoms with Gasteiger partial charge in [0.15, 0.2) is 0 Å². The van der Waals surface area contributed by atoms with Crippen LogP contribution < -0.4 is 5.73 Å². The Morgan fingerprint density at radius 3 is 2.64 bits per heavy atom. The molecule has 0 aromatic carbocycles. The molecule has 1 fully saturated rings. The molecule has 0 aromatic rings. The highest BCUT2D eigenvalue weighted by molar-refractivity contribution is 5.55. The van der Waals surface area contributed by atoms with Gasteiger partial charge in [0.25, 0.3) is 0 Å². The maximum absolute atomic E-state index is 10.5. The van der Waals surface area contributed by atoms with E-state index in [1.807, 2.05) is 0 Å². The molecule has 0 amide bonds. The van der Waals surface area contributed by atoms with Crippen LogP contribution in [0.25, 0.3) is 0 Å². The number of rotatable bonds is 1. The fourth-order valence-corrected chi connectivity index (χ4v) is 1.83. The van der Waals surface area contributed by atoms with Crippen molar-refractivity contribution in [1.29, 1.82) is 0 Å². The lowest BCUT2D eigenvalue weighted by atomic mass is 9.71. The third kappa shape index (κ3) is 2.03. The van der Waals surface area contributed by atoms with Gasteiger partial charge in [-0.2, -0.15) is 0 Å². The fraction of sp³-hybridized carbons (Fsp3) is 0.889. The molecular weight excluding hydrogens is 138 g/mol. The second kappa shape index (κ2) is 2.94. The summed E-state index contributed by atoms with van der Waals surface area (Å²) in [6, 6.07) is 0.0937. The Bertz CT molecular complexity index is 154. The van der Waals surface area contributed by atoms with Crippen LogP contribution in [-0.4, -0.2) is 12.3 Å². The van der Waals surface area contributed by atoms with Crippen LogP contribution in [0.15, 0.2) is 0 Å². The normalized spacial score (nSPS) is 36.6. The highest BCUT2D eigenvalue weighted by Gasteiger charge is 2.32. The molecule has 0 bridgehead atoms. The maximum atomic E-state index is 10.5. The SMILES string of the molecule is CC1(C)CCC(C=O)C(N)C1. The van der Waals surface area contributed by atoms with Crippen molar-refractivity contribution >= 4 is 6.29 Å². The van der Waals surface area contributed by atoms with Crippen LogP contribution in [0.4, 0.5) is 0 Å². The Labute approximate surface area is 68.2 Å². The third-order valence-corrected chi connectivity index (χ3v) is 2.67. The monoisotopic (exact) mass is 155 g/mol. The van der Waals surface area contributed by atoms with E-state index in [9.17, 15) is 4.79 Å². The summed E-state index contributed by atoms with van der Waals surface area (Å²) >= 11 is 0. The molecule has 11 heavy (non-hydrogen) atoms. The number of hydrogen-bond donors (Lipinski definition) is 1. The molecule has 1 aliphatic rings. The van der Waals surface area contributed by atoms with E-state index in [1.165, 1.54) is 0 Å². The van der Waals surface area contributed by atoms with Crippen molar-refractivity contribution in [3.63, 3.8) is 0 Å². The average Bonchev–Trinajstić information content (AvgIpc) is 1.86. The largest absolute Gasteiger partial charge is 0.327 e. The molecule has 2 atom stereocenters. The molecule has 0 radical (unpaired) electrons. The summed E-state index contributed by atoms with van der Waals surface area (Å²) in [5, 5.41) is 0. The molecule has 64 valence electrons. The van der Waals surface area contributed by atoms with Gasteiger partial charge in [0.1, 0.15) is 6.29 Å². The quantitative estimate of drug-likeness (QED) is 0.581. The smallest absolute Gasteiger partial charge is 0.124 e. The van der Waals surface area contributed by atoms with Crippen LogP contribution in [0, 0.1) is 11.3 Å². The van der Waals surface area contributed by atoms with Gasteiger partial charge in [-0.05, 0) is 24.7 Å². The predicted molar refractivity (Wildman–Crippen MR) is 45.2 cm³/mol. The predicted octanol–water partition coefficient (Wildman–Crippen LogP) is 1.34. The Hall–Kier alpha value is -0.370. The van der Waals surface area contributed by atoms with E-state index in [0.717, 1.165) is 25.5 Å². The van der Waals surface area contributed by atoms with Crippen LogP contribution in [0.3, 0.4) is 0 Å². The molecule has 0 saturated heterocycles. The lowest BCUT2D eigenvalue weighted by Gasteiger charge is -2.36. The Morgan fingerprint density at radius 2 is 2.18 bits per heavy atom. The van der Waals surface area contributed by atoms with Gasteiger partial charge in [0.05, 0.1) is 0 Å². The summed E-state index contributed by atoms with van der Waals surface area (Å²) in [5.74, 6) is 0.114. The lowest BCUT2D eigenvalue weighted by Crippen LogP contribution is -2.40. The number of carbonyl (C=O) groups excluding carboxylic acids is 1. The first-order valence-electron chi connectivity index (χ1n) is 4.26. The molecule has 2 N–H and O–H groups in total. The van der Waals surface area contributed by atoms with E-state index in [2.05, 4.69) is 13.8 Å². The zero-order valence-corrected chi connectivity index (χ0v) is 7.34. The van der Waals surface area contributed by atoms with E-state index in [4.69, 9.17) is 5.73 Å². The van der Waals surface area contributed by atoms with Gasteiger partial charge in [-0.15, -0.1) is 0 Å². The van der Waals surface area contributed by atoms with Crippen LogP contribution in [0.5, 0.6) is 0 Å². The molecule has 0 aromatic heterocycles. The summed E-state index contributed by atoms with van der Waals surface area (Å²) in [6.07, 6.45) is 4.10. The van der Waals surface area contributed by atoms with Gasteiger partial charge in [-0.1, -0.05) is 13.8 Å². The molecule has 0 heterocycles. The number of hydrogen-bond acceptors (Lipinski definition) is 2. The molecule has 0 spiro atoms. The third-order valence-electron chi connectivity index (χ3n) is 2.67. The average molecular weight is 155 g/mol. The Kier molecular flexibility index (Phi) is 2.33. The lowest BCUT2D eigenvalue weighted by molar-refractivity contribution is -0.113. The van der Waals surface area contributed by atoms with Crippen molar-refractivity contribution in [1.82, 2.24) is 0 Å². The maximum Gasteiger partial charge on any atom is 0.124 e. The topological polar surface area (TPSA) is 43.1 Å². The molecule has 0 aliphatic heterocycles. The van der Waals surface area contributed by atoms with Crippen molar-refractivity contribution in [2.45, 2.75) is 39.2 Å². The molecule has 1 aliphatic carbocycles. The van der Waals surface area contributed by atoms with Gasteiger partial charge in [0, 0.05) is 12.0 Å². The zero-order valence-electron chi connectivity index (χ0n) is 7.34. The molecule has 2 nitrogen and oxygen atoms in total. The van der Waals surface area contributed by atoms with Crippen molar-refractivity contribution in [3.05, 3.63) is 0 Å². The zero-order chi connectivity index (χ0) is 8.48. The van der Waals surface area contributed by atoms with Gasteiger partial charge in [-0.3, -0.25) is 0 Å². The number of carbonyl (C=O) groups is 1. The highest BCUT2D eigenvalue weighted by atomic mass is 16.1. The van der Waals surface area contributed by atoms with E-state index in [1.54, 1.807) is 0 Å². The second-order valence-electron chi connectivity index (χ2n) is 4.37. The van der Waals surface area contributed by atoms with Crippen LogP contribution in [0.2, 0.25) is 0 Å². The van der Waals surface area contributed by atoms with E-state index < -0.39 is 0 Å². The summed E-state index contributed by atoms with van der Waals surface area (Å²) in [6.45, 7) is 4.43. The standard InChI is InChI=1S/C9H17NO/c1-9(2)4-3-7(6-11)8(10)5-9/h6-8H,3-5,10H2,1-2H3. The molecular formula is C9H17NO. The summed E-state index contributed by atoms with van der Waals surface area (Å²) in [5.41, 5.74) is 6.18. The van der Waals surface area contributed by atoms with Gasteiger partial charge in [0.2, 0.25) is 0 Å². The Balaban J connectivity index is 2.54. The minimum atomic E-state index is 0.0937. The van der Waals surface area contributed by atoms with Crippen LogP contribution >= 0.6 is 0 Å². The number of aldehydes is 1. The minimum Gasteiger partial charge on any atom is -0.327 e. The van der Waals surface area contributed by atoms with Crippen LogP contribution in [-0.2, 0) is 4.79 Å². The van der Waals surface area contributed by atoms with E-state index >= 15 is 0 Å². The first-order valence-corrected chi connectivity index (χ1v) is 4.26. The van der Waals surface area contributed by atoms with Crippen molar-refractivity contribution < 1.29 is 4.79 Å². The minimum absolute atomic E-state index is 0.0937. The Morgan fingerprint density at radius 1 is 1.55 bits per heavy atom. The highest BCUT2D eigenvalue weighted by Crippen LogP contribution is 2.36. The van der Waals surface area contributed by atoms with E-state index in [-0.39, 0.29) is 12.0 Å². The summed E-state index contributed by atoms with van der Waals surface area (Å²) in [7, 11) is 0. The van der Waals surface area contributed by atoms with Gasteiger partial charge in [-0.25, -0.2) is 0 Å². The van der Waals surface area contributed by atoms with Crippen molar-refractivity contribution in [2.75, 3.05) is 0 Å².